The molecule has 0 spiro atoms. The van der Waals surface area contributed by atoms with Crippen LogP contribution in [0.15, 0.2) is 48.8 Å². The fourth-order valence-corrected chi connectivity index (χ4v) is 5.04. The number of amides is 2. The highest BCUT2D eigenvalue weighted by molar-refractivity contribution is 7.17. The molecule has 0 unspecified atom stereocenters. The summed E-state index contributed by atoms with van der Waals surface area (Å²) >= 11 is 1.52. The molecule has 0 fully saturated rings. The van der Waals surface area contributed by atoms with Crippen molar-refractivity contribution in [1.29, 1.82) is 0 Å². The first kappa shape index (κ1) is 21.1. The number of ether oxygens (including phenoxy) is 1. The molecule has 0 aliphatic heterocycles. The van der Waals surface area contributed by atoms with Gasteiger partial charge in [0.2, 0.25) is 0 Å². The van der Waals surface area contributed by atoms with Crippen molar-refractivity contribution in [2.45, 2.75) is 38.6 Å². The van der Waals surface area contributed by atoms with Gasteiger partial charge in [0.1, 0.15) is 10.8 Å². The fraction of sp³-hybridized carbons (Fsp3) is 0.292. The van der Waals surface area contributed by atoms with E-state index < -0.39 is 0 Å². The largest absolute Gasteiger partial charge is 0.497 e. The van der Waals surface area contributed by atoms with Crippen molar-refractivity contribution in [3.8, 4) is 5.75 Å². The average molecular weight is 436 g/mol. The predicted molar refractivity (Wildman–Crippen MR) is 122 cm³/mol. The van der Waals surface area contributed by atoms with Crippen molar-refractivity contribution in [3.05, 3.63) is 75.9 Å². The first-order valence-corrected chi connectivity index (χ1v) is 11.2. The van der Waals surface area contributed by atoms with Crippen LogP contribution < -0.4 is 15.4 Å². The van der Waals surface area contributed by atoms with Crippen LogP contribution in [0.25, 0.3) is 0 Å². The Morgan fingerprint density at radius 2 is 1.87 bits per heavy atom. The van der Waals surface area contributed by atoms with Crippen molar-refractivity contribution in [3.63, 3.8) is 0 Å². The topological polar surface area (TPSA) is 80.3 Å². The van der Waals surface area contributed by atoms with Crippen molar-refractivity contribution in [2.75, 3.05) is 12.4 Å². The number of nitrogens with one attached hydrogen (secondary N) is 2. The Morgan fingerprint density at radius 1 is 1.06 bits per heavy atom. The van der Waals surface area contributed by atoms with Crippen LogP contribution in [0, 0.1) is 0 Å². The van der Waals surface area contributed by atoms with Gasteiger partial charge in [0.05, 0.1) is 18.2 Å². The number of rotatable bonds is 6. The summed E-state index contributed by atoms with van der Waals surface area (Å²) in [4.78, 5) is 31.2. The molecule has 6 nitrogen and oxygen atoms in total. The summed E-state index contributed by atoms with van der Waals surface area (Å²) < 4.78 is 5.19. The first-order chi connectivity index (χ1) is 15.2. The maximum atomic E-state index is 13.2. The Morgan fingerprint density at radius 3 is 2.61 bits per heavy atom. The predicted octanol–water partition coefficient (Wildman–Crippen LogP) is 4.60. The minimum atomic E-state index is -0.256. The number of anilines is 1. The maximum Gasteiger partial charge on any atom is 0.257 e. The number of pyridine rings is 1. The molecule has 31 heavy (non-hydrogen) atoms. The van der Waals surface area contributed by atoms with Gasteiger partial charge in [-0.2, -0.15) is 0 Å². The lowest BCUT2D eigenvalue weighted by Crippen LogP contribution is -2.25. The van der Waals surface area contributed by atoms with Crippen molar-refractivity contribution in [1.82, 2.24) is 10.3 Å². The minimum Gasteiger partial charge on any atom is -0.497 e. The molecular formula is C24H25N3O3S. The Balaban J connectivity index is 1.57. The zero-order chi connectivity index (χ0) is 21.6. The fourth-order valence-electron chi connectivity index (χ4n) is 3.76. The number of aryl methyl sites for hydroxylation is 1. The minimum absolute atomic E-state index is 0.156. The van der Waals surface area contributed by atoms with Crippen LogP contribution in [0.1, 0.15) is 56.0 Å². The van der Waals surface area contributed by atoms with E-state index in [1.807, 2.05) is 24.3 Å². The molecule has 160 valence electrons. The van der Waals surface area contributed by atoms with Gasteiger partial charge in [0.25, 0.3) is 11.8 Å². The summed E-state index contributed by atoms with van der Waals surface area (Å²) in [6.45, 7) is 0.406. The van der Waals surface area contributed by atoms with Crippen LogP contribution in [0.2, 0.25) is 0 Å². The van der Waals surface area contributed by atoms with Crippen LogP contribution in [0.5, 0.6) is 5.75 Å². The summed E-state index contributed by atoms with van der Waals surface area (Å²) in [6, 6.07) is 11.0. The van der Waals surface area contributed by atoms with Crippen LogP contribution in [-0.4, -0.2) is 23.9 Å². The van der Waals surface area contributed by atoms with Crippen molar-refractivity contribution >= 4 is 28.2 Å². The van der Waals surface area contributed by atoms with Gasteiger partial charge >= 0.3 is 0 Å². The summed E-state index contributed by atoms with van der Waals surface area (Å²) in [6.07, 6.45) is 8.28. The highest BCUT2D eigenvalue weighted by Gasteiger charge is 2.26. The molecule has 1 aliphatic rings. The number of benzene rings is 1. The smallest absolute Gasteiger partial charge is 0.257 e. The van der Waals surface area contributed by atoms with Crippen LogP contribution in [0.3, 0.4) is 0 Å². The van der Waals surface area contributed by atoms with Gasteiger partial charge in [0.15, 0.2) is 0 Å². The molecule has 0 atom stereocenters. The third-order valence-electron chi connectivity index (χ3n) is 5.41. The number of aromatic nitrogens is 1. The summed E-state index contributed by atoms with van der Waals surface area (Å²) in [5.74, 6) is 0.365. The van der Waals surface area contributed by atoms with E-state index in [1.54, 1.807) is 25.4 Å². The lowest BCUT2D eigenvalue weighted by molar-refractivity contribution is 0.0951. The third-order valence-corrected chi connectivity index (χ3v) is 6.62. The molecule has 2 heterocycles. The van der Waals surface area contributed by atoms with Gasteiger partial charge in [-0.1, -0.05) is 18.6 Å². The number of nitrogens with zero attached hydrogens (tertiary/aromatic N) is 1. The van der Waals surface area contributed by atoms with E-state index in [9.17, 15) is 9.59 Å². The highest BCUT2D eigenvalue weighted by atomic mass is 32.1. The molecule has 2 amide bonds. The van der Waals surface area contributed by atoms with E-state index in [-0.39, 0.29) is 11.8 Å². The second-order valence-corrected chi connectivity index (χ2v) is 8.60. The molecule has 0 saturated heterocycles. The number of carbonyl (C=O) groups excluding carboxylic acids is 2. The summed E-state index contributed by atoms with van der Waals surface area (Å²) in [5.41, 5.74) is 3.14. The van der Waals surface area contributed by atoms with Gasteiger partial charge in [-0.15, -0.1) is 11.3 Å². The molecule has 0 radical (unpaired) electrons. The number of thiophene rings is 1. The second-order valence-electron chi connectivity index (χ2n) is 7.50. The quantitative estimate of drug-likeness (QED) is 0.555. The third kappa shape index (κ3) is 4.94. The SMILES string of the molecule is COc1ccc(CNC(=O)c2c(NC(=O)c3cccnc3)sc3c2CCCCC3)cc1. The lowest BCUT2D eigenvalue weighted by atomic mass is 10.0. The van der Waals surface area contributed by atoms with E-state index in [4.69, 9.17) is 4.74 Å². The van der Waals surface area contributed by atoms with Gasteiger partial charge in [0, 0.05) is 23.8 Å². The zero-order valence-electron chi connectivity index (χ0n) is 17.4. The van der Waals surface area contributed by atoms with Crippen LogP contribution in [-0.2, 0) is 19.4 Å². The van der Waals surface area contributed by atoms with E-state index in [1.165, 1.54) is 22.4 Å². The first-order valence-electron chi connectivity index (χ1n) is 10.4. The molecular weight excluding hydrogens is 410 g/mol. The molecule has 2 aromatic heterocycles. The van der Waals surface area contributed by atoms with E-state index in [0.717, 1.165) is 49.0 Å². The summed E-state index contributed by atoms with van der Waals surface area (Å²) in [7, 11) is 1.63. The molecule has 7 heteroatoms. The standard InChI is InChI=1S/C24H25N3O3S/c1-30-18-11-9-16(10-12-18)14-26-23(29)21-19-7-3-2-4-8-20(19)31-24(21)27-22(28)17-6-5-13-25-15-17/h5-6,9-13,15H,2-4,7-8,14H2,1H3,(H,26,29)(H,27,28). The van der Waals surface area contributed by atoms with Gasteiger partial charge < -0.3 is 15.4 Å². The molecule has 0 saturated carbocycles. The van der Waals surface area contributed by atoms with Gasteiger partial charge in [-0.05, 0) is 61.1 Å². The molecule has 1 aliphatic carbocycles. The number of fused-ring (bicyclic) bond motifs is 1. The maximum absolute atomic E-state index is 13.2. The average Bonchev–Trinajstić information content (AvgIpc) is 2.98. The second kappa shape index (κ2) is 9.75. The number of hydrogen-bond acceptors (Lipinski definition) is 5. The number of carbonyl (C=O) groups is 2. The van der Waals surface area contributed by atoms with E-state index in [0.29, 0.717) is 22.7 Å². The molecule has 3 aromatic rings. The van der Waals surface area contributed by atoms with E-state index >= 15 is 0 Å². The number of hydrogen-bond donors (Lipinski definition) is 2. The van der Waals surface area contributed by atoms with Crippen molar-refractivity contribution in [2.24, 2.45) is 0 Å². The molecule has 2 N–H and O–H groups in total. The Labute approximate surface area is 185 Å². The Kier molecular flexibility index (Phi) is 6.62. The van der Waals surface area contributed by atoms with Crippen LogP contribution in [0.4, 0.5) is 5.00 Å². The molecule has 1 aromatic carbocycles. The Bertz CT molecular complexity index is 1060. The van der Waals surface area contributed by atoms with Gasteiger partial charge in [-0.25, -0.2) is 0 Å². The van der Waals surface area contributed by atoms with Gasteiger partial charge in [-0.3, -0.25) is 14.6 Å². The van der Waals surface area contributed by atoms with E-state index in [2.05, 4.69) is 15.6 Å². The monoisotopic (exact) mass is 435 g/mol. The van der Waals surface area contributed by atoms with Crippen molar-refractivity contribution < 1.29 is 14.3 Å². The molecule has 0 bridgehead atoms. The summed E-state index contributed by atoms with van der Waals surface area (Å²) in [5, 5.41) is 6.61. The lowest BCUT2D eigenvalue weighted by Gasteiger charge is -2.11. The van der Waals surface area contributed by atoms with Crippen LogP contribution >= 0.6 is 11.3 Å². The zero-order valence-corrected chi connectivity index (χ0v) is 18.3. The number of methoxy groups -OCH3 is 1. The Hall–Kier alpha value is -3.19. The normalized spacial score (nSPS) is 13.1. The highest BCUT2D eigenvalue weighted by Crippen LogP contribution is 2.37. The molecule has 4 rings (SSSR count).